The van der Waals surface area contributed by atoms with E-state index in [1.165, 1.54) is 0 Å². The fourth-order valence-corrected chi connectivity index (χ4v) is 2.86. The summed E-state index contributed by atoms with van der Waals surface area (Å²) < 4.78 is 0. The van der Waals surface area contributed by atoms with Gasteiger partial charge < -0.3 is 4.90 Å². The van der Waals surface area contributed by atoms with E-state index in [-0.39, 0.29) is 0 Å². The summed E-state index contributed by atoms with van der Waals surface area (Å²) in [5.41, 5.74) is 0.981. The molecule has 0 unspecified atom stereocenters. The minimum absolute atomic E-state index is 0.433. The van der Waals surface area contributed by atoms with E-state index in [4.69, 9.17) is 23.2 Å². The van der Waals surface area contributed by atoms with Crippen LogP contribution in [0.5, 0.6) is 0 Å². The van der Waals surface area contributed by atoms with Gasteiger partial charge in [0.1, 0.15) is 5.82 Å². The van der Waals surface area contributed by atoms with Crippen LogP contribution in [0, 0.1) is 17.8 Å². The zero-order valence-corrected chi connectivity index (χ0v) is 13.6. The normalized spacial score (nSPS) is 15.3. The number of halogens is 2. The highest BCUT2D eigenvalue weighted by atomic mass is 35.5. The molecular formula is C18H16Cl2N2. The summed E-state index contributed by atoms with van der Waals surface area (Å²) in [6, 6.07) is 11.5. The number of nitrogens with zero attached hydrogens (tertiary/aromatic N) is 2. The van der Waals surface area contributed by atoms with Crippen LogP contribution in [0.15, 0.2) is 42.6 Å². The lowest BCUT2D eigenvalue weighted by atomic mass is 9.97. The van der Waals surface area contributed by atoms with Gasteiger partial charge in [-0.2, -0.15) is 0 Å². The molecule has 0 bridgehead atoms. The smallest absolute Gasteiger partial charge is 0.128 e. The van der Waals surface area contributed by atoms with Crippen molar-refractivity contribution >= 4 is 29.0 Å². The molecule has 4 heteroatoms. The van der Waals surface area contributed by atoms with Crippen molar-refractivity contribution in [1.82, 2.24) is 4.98 Å². The molecular weight excluding hydrogens is 315 g/mol. The van der Waals surface area contributed by atoms with Gasteiger partial charge in [-0.1, -0.05) is 41.1 Å². The average Bonchev–Trinajstić information content (AvgIpc) is 2.54. The lowest BCUT2D eigenvalue weighted by Gasteiger charge is -2.30. The fraction of sp³-hybridized carbons (Fsp3) is 0.278. The van der Waals surface area contributed by atoms with Crippen LogP contribution in [0.4, 0.5) is 5.82 Å². The SMILES string of the molecule is Clc1ccc(N2CCC(C#Cc3cccc(Cl)c3)CC2)nc1. The summed E-state index contributed by atoms with van der Waals surface area (Å²) >= 11 is 11.8. The molecule has 2 nitrogen and oxygen atoms in total. The molecule has 0 saturated carbocycles. The van der Waals surface area contributed by atoms with Crippen molar-refractivity contribution < 1.29 is 0 Å². The van der Waals surface area contributed by atoms with Gasteiger partial charge in [-0.3, -0.25) is 0 Å². The van der Waals surface area contributed by atoms with Crippen LogP contribution < -0.4 is 4.90 Å². The first-order valence-corrected chi connectivity index (χ1v) is 8.10. The van der Waals surface area contributed by atoms with E-state index in [0.29, 0.717) is 10.9 Å². The largest absolute Gasteiger partial charge is 0.357 e. The van der Waals surface area contributed by atoms with Crippen molar-refractivity contribution in [3.05, 3.63) is 58.2 Å². The molecule has 0 N–H and O–H groups in total. The van der Waals surface area contributed by atoms with Crippen LogP contribution >= 0.6 is 23.2 Å². The first kappa shape index (κ1) is 15.2. The number of piperidine rings is 1. The van der Waals surface area contributed by atoms with Crippen molar-refractivity contribution in [3.63, 3.8) is 0 Å². The van der Waals surface area contributed by atoms with E-state index >= 15 is 0 Å². The van der Waals surface area contributed by atoms with Crippen molar-refractivity contribution in [2.24, 2.45) is 5.92 Å². The molecule has 1 saturated heterocycles. The summed E-state index contributed by atoms with van der Waals surface area (Å²) in [6.07, 6.45) is 3.80. The zero-order valence-electron chi connectivity index (χ0n) is 12.1. The molecule has 3 rings (SSSR count). The summed E-state index contributed by atoms with van der Waals surface area (Å²) in [7, 11) is 0. The van der Waals surface area contributed by atoms with Crippen molar-refractivity contribution in [1.29, 1.82) is 0 Å². The molecule has 1 aliphatic rings. The maximum Gasteiger partial charge on any atom is 0.128 e. The van der Waals surface area contributed by atoms with Gasteiger partial charge in [0.25, 0.3) is 0 Å². The standard InChI is InChI=1S/C18H16Cl2N2/c19-16-3-1-2-15(12-16)5-4-14-8-10-22(11-9-14)18-7-6-17(20)13-21-18/h1-3,6-7,12-14H,8-11H2. The van der Waals surface area contributed by atoms with E-state index in [9.17, 15) is 0 Å². The highest BCUT2D eigenvalue weighted by Crippen LogP contribution is 2.22. The van der Waals surface area contributed by atoms with Crippen LogP contribution in [0.25, 0.3) is 0 Å². The Morgan fingerprint density at radius 1 is 1.05 bits per heavy atom. The molecule has 1 aromatic heterocycles. The number of rotatable bonds is 1. The number of pyridine rings is 1. The minimum atomic E-state index is 0.433. The average molecular weight is 331 g/mol. The third kappa shape index (κ3) is 3.94. The predicted molar refractivity (Wildman–Crippen MR) is 92.5 cm³/mol. The highest BCUT2D eigenvalue weighted by molar-refractivity contribution is 6.30. The third-order valence-electron chi connectivity index (χ3n) is 3.78. The van der Waals surface area contributed by atoms with Gasteiger partial charge in [-0.05, 0) is 43.2 Å². The number of benzene rings is 1. The van der Waals surface area contributed by atoms with Gasteiger partial charge in [0.05, 0.1) is 5.02 Å². The van der Waals surface area contributed by atoms with Crippen molar-refractivity contribution in [2.45, 2.75) is 12.8 Å². The number of anilines is 1. The Kier molecular flexibility index (Phi) is 4.87. The molecule has 0 spiro atoms. The van der Waals surface area contributed by atoms with Crippen LogP contribution in [0.2, 0.25) is 10.0 Å². The van der Waals surface area contributed by atoms with Crippen LogP contribution in [0.3, 0.4) is 0 Å². The van der Waals surface area contributed by atoms with Gasteiger partial charge in [-0.15, -0.1) is 0 Å². The zero-order chi connectivity index (χ0) is 15.4. The Labute approximate surface area is 141 Å². The molecule has 2 heterocycles. The highest BCUT2D eigenvalue weighted by Gasteiger charge is 2.18. The van der Waals surface area contributed by atoms with Crippen molar-refractivity contribution in [2.75, 3.05) is 18.0 Å². The number of hydrogen-bond acceptors (Lipinski definition) is 2. The monoisotopic (exact) mass is 330 g/mol. The second-order valence-corrected chi connectivity index (χ2v) is 6.25. The summed E-state index contributed by atoms with van der Waals surface area (Å²) in [4.78, 5) is 6.66. The summed E-state index contributed by atoms with van der Waals surface area (Å²) in [5.74, 6) is 8.02. The topological polar surface area (TPSA) is 16.1 Å². The maximum atomic E-state index is 5.97. The Hall–Kier alpha value is -1.69. The molecule has 0 amide bonds. The molecule has 0 atom stereocenters. The van der Waals surface area contributed by atoms with Gasteiger partial charge in [0, 0.05) is 35.8 Å². The minimum Gasteiger partial charge on any atom is -0.357 e. The van der Waals surface area contributed by atoms with Gasteiger partial charge >= 0.3 is 0 Å². The second kappa shape index (κ2) is 7.05. The lowest BCUT2D eigenvalue weighted by molar-refractivity contribution is 0.489. The Balaban J connectivity index is 1.59. The van der Waals surface area contributed by atoms with Gasteiger partial charge in [-0.25, -0.2) is 4.98 Å². The fourth-order valence-electron chi connectivity index (χ4n) is 2.56. The maximum absolute atomic E-state index is 5.97. The molecule has 1 aromatic carbocycles. The number of aromatic nitrogens is 1. The molecule has 112 valence electrons. The Bertz CT molecular complexity index is 693. The van der Waals surface area contributed by atoms with E-state index < -0.39 is 0 Å². The third-order valence-corrected chi connectivity index (χ3v) is 4.23. The first-order valence-electron chi connectivity index (χ1n) is 7.34. The molecule has 22 heavy (non-hydrogen) atoms. The van der Waals surface area contributed by atoms with Crippen LogP contribution in [-0.2, 0) is 0 Å². The first-order chi connectivity index (χ1) is 10.7. The molecule has 2 aromatic rings. The number of hydrogen-bond donors (Lipinski definition) is 0. The van der Waals surface area contributed by atoms with E-state index in [2.05, 4.69) is 21.7 Å². The Morgan fingerprint density at radius 2 is 1.86 bits per heavy atom. The quantitative estimate of drug-likeness (QED) is 0.707. The van der Waals surface area contributed by atoms with Crippen LogP contribution in [-0.4, -0.2) is 18.1 Å². The predicted octanol–water partition coefficient (Wildman–Crippen LogP) is 4.66. The van der Waals surface area contributed by atoms with E-state index in [1.54, 1.807) is 6.20 Å². The Morgan fingerprint density at radius 3 is 2.55 bits per heavy atom. The van der Waals surface area contributed by atoms with E-state index in [1.807, 2.05) is 36.4 Å². The summed E-state index contributed by atoms with van der Waals surface area (Å²) in [5, 5.41) is 1.40. The molecule has 0 radical (unpaired) electrons. The lowest BCUT2D eigenvalue weighted by Crippen LogP contribution is -2.33. The van der Waals surface area contributed by atoms with Gasteiger partial charge in [0.2, 0.25) is 0 Å². The molecule has 0 aliphatic carbocycles. The van der Waals surface area contributed by atoms with Crippen molar-refractivity contribution in [3.8, 4) is 11.8 Å². The van der Waals surface area contributed by atoms with Gasteiger partial charge in [0.15, 0.2) is 0 Å². The molecule has 1 aliphatic heterocycles. The summed E-state index contributed by atoms with van der Waals surface area (Å²) in [6.45, 7) is 1.95. The van der Waals surface area contributed by atoms with Crippen LogP contribution in [0.1, 0.15) is 18.4 Å². The van der Waals surface area contributed by atoms with E-state index in [0.717, 1.165) is 42.3 Å². The molecule has 1 fully saturated rings. The second-order valence-electron chi connectivity index (χ2n) is 5.38.